The maximum atomic E-state index is 13.5. The van der Waals surface area contributed by atoms with Gasteiger partial charge in [-0.2, -0.15) is 9.94 Å². The zero-order valence-electron chi connectivity index (χ0n) is 37.1. The molecule has 1 atom stereocenters. The van der Waals surface area contributed by atoms with Gasteiger partial charge in [-0.1, -0.05) is 44.5 Å². The number of hydrogen-bond donors (Lipinski definition) is 2. The van der Waals surface area contributed by atoms with E-state index in [9.17, 15) is 24.4 Å². The van der Waals surface area contributed by atoms with Crippen LogP contribution >= 0.6 is 11.6 Å². The van der Waals surface area contributed by atoms with Gasteiger partial charge in [0.25, 0.3) is 17.4 Å². The quantitative estimate of drug-likeness (QED) is 0.196. The highest BCUT2D eigenvalue weighted by atomic mass is 35.5. The molecule has 1 aliphatic carbocycles. The number of likely N-dealkylation sites (tertiary alicyclic amines) is 1. The van der Waals surface area contributed by atoms with E-state index in [0.29, 0.717) is 44.6 Å². The van der Waals surface area contributed by atoms with Crippen molar-refractivity contribution in [3.63, 3.8) is 0 Å². The lowest BCUT2D eigenvalue weighted by Crippen LogP contribution is -2.74. The maximum absolute atomic E-state index is 13.5. The molecular weight excluding hydrogens is 832 g/mol. The summed E-state index contributed by atoms with van der Waals surface area (Å²) in [5, 5.41) is 23.8. The fourth-order valence-electron chi connectivity index (χ4n) is 11.2. The van der Waals surface area contributed by atoms with Gasteiger partial charge < -0.3 is 24.8 Å². The molecule has 9 rings (SSSR count). The smallest absolute Gasteiger partial charge is 0.278 e. The molecule has 3 aromatic carbocycles. The van der Waals surface area contributed by atoms with E-state index in [2.05, 4.69) is 86.4 Å². The molecule has 4 aliphatic heterocycles. The van der Waals surface area contributed by atoms with Gasteiger partial charge in [0.1, 0.15) is 29.5 Å². The molecule has 4 aromatic rings. The molecule has 336 valence electrons. The number of benzene rings is 3. The number of anilines is 2. The first-order chi connectivity index (χ1) is 30.7. The summed E-state index contributed by atoms with van der Waals surface area (Å²) < 4.78 is 7.51. The molecule has 1 saturated carbocycles. The minimum absolute atomic E-state index is 0.0935. The molecule has 1 unspecified atom stereocenters. The number of nitrogens with one attached hydrogen (secondary N) is 2. The second-order valence-corrected chi connectivity index (χ2v) is 20.1. The minimum atomic E-state index is -0.839. The van der Waals surface area contributed by atoms with Crippen molar-refractivity contribution in [1.82, 2.24) is 35.4 Å². The Labute approximate surface area is 378 Å². The van der Waals surface area contributed by atoms with Gasteiger partial charge in [0.2, 0.25) is 5.91 Å². The second-order valence-electron chi connectivity index (χ2n) is 19.7. The van der Waals surface area contributed by atoms with E-state index < -0.39 is 11.9 Å². The lowest BCUT2D eigenvalue weighted by molar-refractivity contribution is -0.164. The van der Waals surface area contributed by atoms with Gasteiger partial charge in [-0.15, -0.1) is 5.10 Å². The predicted octanol–water partition coefficient (Wildman–Crippen LogP) is 4.88. The highest BCUT2D eigenvalue weighted by Gasteiger charge is 2.64. The standard InChI is InChI=1S/C48H57ClN10O5/c1-47(2)45(48(3,4)46(47)64-36-11-7-33(25-50)38(49)24-36)52-42(61)32-5-8-34(9-6-32)57-21-19-56(20-22-57)26-30-15-17-55(18-16-30)27-31-28-58(29-31)35-10-12-39-37(23-35)44(63)59(54-53-39)40-13-14-41(60)51-43(40)62/h5-12,23-24,30-31,40,45-46H,13-22,26-29H2,1-4H3,(H,52,61)(H,51,60,62). The van der Waals surface area contributed by atoms with E-state index in [4.69, 9.17) is 16.3 Å². The third kappa shape index (κ3) is 8.55. The van der Waals surface area contributed by atoms with Gasteiger partial charge in [0, 0.05) is 105 Å². The molecule has 0 radical (unpaired) electrons. The number of rotatable bonds is 11. The summed E-state index contributed by atoms with van der Waals surface area (Å²) in [5.41, 5.74) is 2.60. The van der Waals surface area contributed by atoms with Gasteiger partial charge in [0.15, 0.2) is 0 Å². The average Bonchev–Trinajstić information content (AvgIpc) is 3.27. The van der Waals surface area contributed by atoms with E-state index >= 15 is 0 Å². The summed E-state index contributed by atoms with van der Waals surface area (Å²) in [4.78, 5) is 60.9. The lowest BCUT2D eigenvalue weighted by atomic mass is 9.49. The Morgan fingerprint density at radius 2 is 1.52 bits per heavy atom. The Morgan fingerprint density at radius 3 is 2.19 bits per heavy atom. The first kappa shape index (κ1) is 43.7. The number of amides is 3. The van der Waals surface area contributed by atoms with Crippen molar-refractivity contribution in [2.24, 2.45) is 22.7 Å². The number of carbonyl (C=O) groups excluding carboxylic acids is 3. The highest BCUT2D eigenvalue weighted by Crippen LogP contribution is 2.55. The van der Waals surface area contributed by atoms with Crippen molar-refractivity contribution in [2.75, 3.05) is 75.2 Å². The Bertz CT molecular complexity index is 2520. The number of hydrogen-bond acceptors (Lipinski definition) is 12. The first-order valence-corrected chi connectivity index (χ1v) is 23.0. The van der Waals surface area contributed by atoms with Crippen LogP contribution in [0.4, 0.5) is 11.4 Å². The zero-order chi connectivity index (χ0) is 44.9. The number of nitrogens with zero attached hydrogens (tertiary/aromatic N) is 8. The number of piperidine rings is 2. The van der Waals surface area contributed by atoms with Crippen LogP contribution in [0.2, 0.25) is 5.02 Å². The number of fused-ring (bicyclic) bond motifs is 1. The van der Waals surface area contributed by atoms with Crippen LogP contribution in [0.5, 0.6) is 5.75 Å². The molecule has 1 aromatic heterocycles. The summed E-state index contributed by atoms with van der Waals surface area (Å²) in [6, 6.07) is 19.9. The molecule has 4 saturated heterocycles. The molecule has 16 heteroatoms. The third-order valence-corrected chi connectivity index (χ3v) is 14.8. The Kier molecular flexibility index (Phi) is 11.9. The van der Waals surface area contributed by atoms with Gasteiger partial charge in [0.05, 0.1) is 16.0 Å². The van der Waals surface area contributed by atoms with Crippen molar-refractivity contribution >= 4 is 51.6 Å². The monoisotopic (exact) mass is 888 g/mol. The zero-order valence-corrected chi connectivity index (χ0v) is 37.8. The van der Waals surface area contributed by atoms with E-state index in [0.717, 1.165) is 81.5 Å². The molecule has 15 nitrogen and oxygen atoms in total. The molecule has 5 aliphatic rings. The number of ether oxygens (including phenoxy) is 1. The van der Waals surface area contributed by atoms with Crippen LogP contribution in [0.15, 0.2) is 65.5 Å². The number of carbonyl (C=O) groups is 3. The van der Waals surface area contributed by atoms with Crippen molar-refractivity contribution in [1.29, 1.82) is 5.26 Å². The summed E-state index contributed by atoms with van der Waals surface area (Å²) in [7, 11) is 0. The highest BCUT2D eigenvalue weighted by molar-refractivity contribution is 6.31. The molecule has 5 fully saturated rings. The van der Waals surface area contributed by atoms with Crippen LogP contribution in [-0.2, 0) is 9.59 Å². The average molecular weight is 890 g/mol. The Balaban J connectivity index is 0.690. The molecular formula is C48H57ClN10O5. The number of imide groups is 1. The second kappa shape index (κ2) is 17.4. The minimum Gasteiger partial charge on any atom is -0.489 e. The summed E-state index contributed by atoms with van der Waals surface area (Å²) in [6.07, 6.45) is 2.64. The van der Waals surface area contributed by atoms with Crippen LogP contribution in [0.1, 0.15) is 75.3 Å². The normalized spacial score (nSPS) is 24.1. The van der Waals surface area contributed by atoms with Crippen molar-refractivity contribution in [3.8, 4) is 11.8 Å². The number of aromatic nitrogens is 3. The van der Waals surface area contributed by atoms with Crippen molar-refractivity contribution < 1.29 is 19.1 Å². The maximum Gasteiger partial charge on any atom is 0.278 e. The molecule has 0 bridgehead atoms. The van der Waals surface area contributed by atoms with Gasteiger partial charge in [-0.25, -0.2) is 0 Å². The van der Waals surface area contributed by atoms with Crippen molar-refractivity contribution in [3.05, 3.63) is 87.2 Å². The van der Waals surface area contributed by atoms with Crippen LogP contribution in [0, 0.1) is 34.0 Å². The fraction of sp³-hybridized carbons (Fsp3) is 0.521. The van der Waals surface area contributed by atoms with Gasteiger partial charge >= 0.3 is 0 Å². The van der Waals surface area contributed by atoms with E-state index in [1.165, 1.54) is 12.8 Å². The number of halogens is 1. The van der Waals surface area contributed by atoms with Crippen LogP contribution in [0.25, 0.3) is 10.9 Å². The Hall–Kier alpha value is -5.56. The van der Waals surface area contributed by atoms with Gasteiger partial charge in [-0.3, -0.25) is 29.4 Å². The summed E-state index contributed by atoms with van der Waals surface area (Å²) >= 11 is 6.27. The predicted molar refractivity (Wildman–Crippen MR) is 245 cm³/mol. The molecule has 64 heavy (non-hydrogen) atoms. The summed E-state index contributed by atoms with van der Waals surface area (Å²) in [6.45, 7) is 18.7. The van der Waals surface area contributed by atoms with Crippen LogP contribution < -0.4 is 30.7 Å². The lowest BCUT2D eigenvalue weighted by Gasteiger charge is -2.63. The van der Waals surface area contributed by atoms with E-state index in [-0.39, 0.29) is 53.2 Å². The third-order valence-electron chi connectivity index (χ3n) is 14.5. The number of piperazine rings is 1. The molecule has 3 amide bonds. The first-order valence-electron chi connectivity index (χ1n) is 22.6. The summed E-state index contributed by atoms with van der Waals surface area (Å²) in [5.74, 6) is 0.925. The van der Waals surface area contributed by atoms with Gasteiger partial charge in [-0.05, 0) is 92.9 Å². The molecule has 2 N–H and O–H groups in total. The van der Waals surface area contributed by atoms with Crippen molar-refractivity contribution in [2.45, 2.75) is 71.6 Å². The molecule has 0 spiro atoms. The largest absolute Gasteiger partial charge is 0.489 e. The Morgan fingerprint density at radius 1 is 0.844 bits per heavy atom. The van der Waals surface area contributed by atoms with E-state index in [1.54, 1.807) is 18.2 Å². The van der Waals surface area contributed by atoms with E-state index in [1.807, 2.05) is 30.3 Å². The van der Waals surface area contributed by atoms with Crippen LogP contribution in [-0.4, -0.2) is 120 Å². The topological polar surface area (TPSA) is 169 Å². The fourth-order valence-corrected chi connectivity index (χ4v) is 11.4. The molecule has 5 heterocycles. The SMILES string of the molecule is CC1(C)C(NC(=O)c2ccc(N3CCN(CC4CCN(CC5CN(c6ccc7nnn(C8CCC(=O)NC8=O)c(=O)c7c6)C5)CC4)CC3)cc2)C(C)(C)C1Oc1ccc(C#N)c(Cl)c1. The number of nitriles is 1. The van der Waals surface area contributed by atoms with Crippen LogP contribution in [0.3, 0.4) is 0 Å².